The van der Waals surface area contributed by atoms with Crippen LogP contribution in [0.25, 0.3) is 0 Å². The second-order valence-corrected chi connectivity index (χ2v) is 6.70. The average Bonchev–Trinajstić information content (AvgIpc) is 2.73. The summed E-state index contributed by atoms with van der Waals surface area (Å²) < 4.78 is 0. The molecule has 5 heteroatoms. The van der Waals surface area contributed by atoms with Crippen LogP contribution in [0.2, 0.25) is 0 Å². The maximum atomic E-state index is 12.8. The molecule has 1 amide bonds. The highest BCUT2D eigenvalue weighted by Crippen LogP contribution is 2.18. The normalized spacial score (nSPS) is 10.5. The monoisotopic (exact) mass is 374 g/mol. The van der Waals surface area contributed by atoms with Crippen LogP contribution in [0.3, 0.4) is 0 Å². The lowest BCUT2D eigenvalue weighted by Crippen LogP contribution is -2.30. The van der Waals surface area contributed by atoms with Gasteiger partial charge in [0.15, 0.2) is 0 Å². The number of rotatable bonds is 8. The highest BCUT2D eigenvalue weighted by Gasteiger charge is 2.17. The fourth-order valence-electron chi connectivity index (χ4n) is 3.06. The summed E-state index contributed by atoms with van der Waals surface area (Å²) in [6.07, 6.45) is 5.18. The molecule has 5 nitrogen and oxygen atoms in total. The van der Waals surface area contributed by atoms with Crippen molar-refractivity contribution in [1.82, 2.24) is 9.97 Å². The maximum Gasteiger partial charge on any atom is 0.261 e. The topological polar surface area (TPSA) is 58.1 Å². The first-order valence-corrected chi connectivity index (χ1v) is 9.65. The van der Waals surface area contributed by atoms with Crippen LogP contribution in [0.15, 0.2) is 67.0 Å². The number of nitrogens with zero attached hydrogens (tertiary/aromatic N) is 3. The van der Waals surface area contributed by atoms with E-state index in [1.807, 2.05) is 44.2 Å². The van der Waals surface area contributed by atoms with Gasteiger partial charge in [-0.1, -0.05) is 42.5 Å². The molecule has 0 atom stereocenters. The molecule has 3 aromatic rings. The number of anilines is 2. The summed E-state index contributed by atoms with van der Waals surface area (Å²) >= 11 is 0. The van der Waals surface area contributed by atoms with Crippen molar-refractivity contribution in [2.45, 2.75) is 26.7 Å². The minimum absolute atomic E-state index is 0.0938. The molecule has 28 heavy (non-hydrogen) atoms. The molecule has 3 rings (SSSR count). The van der Waals surface area contributed by atoms with Crippen LogP contribution in [-0.4, -0.2) is 29.0 Å². The standard InChI is InChI=1S/C23H26N4O/c1-3-27(21-13-7-9-18(2)15-21)22(28)20-16-25-23(26-17-20)24-14-8-12-19-10-5-4-6-11-19/h4-7,9-11,13,15-17H,3,8,12,14H2,1-2H3,(H,24,25,26). The quantitative estimate of drug-likeness (QED) is 0.590. The van der Waals surface area contributed by atoms with E-state index >= 15 is 0 Å². The van der Waals surface area contributed by atoms with E-state index in [2.05, 4.69) is 39.6 Å². The number of hydrogen-bond acceptors (Lipinski definition) is 4. The van der Waals surface area contributed by atoms with E-state index in [1.165, 1.54) is 5.56 Å². The summed E-state index contributed by atoms with van der Waals surface area (Å²) in [6, 6.07) is 18.3. The molecule has 0 unspecified atom stereocenters. The first-order valence-electron chi connectivity index (χ1n) is 9.65. The van der Waals surface area contributed by atoms with Gasteiger partial charge in [0, 0.05) is 31.2 Å². The van der Waals surface area contributed by atoms with E-state index in [9.17, 15) is 4.79 Å². The van der Waals surface area contributed by atoms with Crippen molar-refractivity contribution in [2.24, 2.45) is 0 Å². The van der Waals surface area contributed by atoms with Crippen molar-refractivity contribution in [3.8, 4) is 0 Å². The van der Waals surface area contributed by atoms with E-state index < -0.39 is 0 Å². The van der Waals surface area contributed by atoms with Gasteiger partial charge in [-0.05, 0) is 49.9 Å². The molecule has 0 spiro atoms. The van der Waals surface area contributed by atoms with Gasteiger partial charge in [0.25, 0.3) is 5.91 Å². The Morgan fingerprint density at radius 3 is 2.46 bits per heavy atom. The third-order valence-corrected chi connectivity index (χ3v) is 4.54. The summed E-state index contributed by atoms with van der Waals surface area (Å²) in [6.45, 7) is 5.35. The lowest BCUT2D eigenvalue weighted by atomic mass is 10.1. The van der Waals surface area contributed by atoms with Gasteiger partial charge in [0.2, 0.25) is 5.95 Å². The largest absolute Gasteiger partial charge is 0.354 e. The Labute approximate surface area is 166 Å². The van der Waals surface area contributed by atoms with E-state index in [-0.39, 0.29) is 5.91 Å². The SMILES string of the molecule is CCN(C(=O)c1cnc(NCCCc2ccccc2)nc1)c1cccc(C)c1. The summed E-state index contributed by atoms with van der Waals surface area (Å²) in [5.41, 5.74) is 3.81. The molecule has 0 fully saturated rings. The smallest absolute Gasteiger partial charge is 0.261 e. The van der Waals surface area contributed by atoms with Crippen LogP contribution in [0.1, 0.15) is 34.8 Å². The van der Waals surface area contributed by atoms with Crippen molar-refractivity contribution in [3.05, 3.63) is 83.7 Å². The molecule has 0 saturated heterocycles. The lowest BCUT2D eigenvalue weighted by molar-refractivity contribution is 0.0987. The van der Waals surface area contributed by atoms with Crippen LogP contribution < -0.4 is 10.2 Å². The summed E-state index contributed by atoms with van der Waals surface area (Å²) in [7, 11) is 0. The van der Waals surface area contributed by atoms with Crippen molar-refractivity contribution >= 4 is 17.5 Å². The molecule has 2 aromatic carbocycles. The zero-order chi connectivity index (χ0) is 19.8. The molecule has 144 valence electrons. The van der Waals surface area contributed by atoms with Gasteiger partial charge in [-0.15, -0.1) is 0 Å². The van der Waals surface area contributed by atoms with E-state index in [0.717, 1.165) is 30.6 Å². The average molecular weight is 374 g/mol. The lowest BCUT2D eigenvalue weighted by Gasteiger charge is -2.21. The molecule has 1 heterocycles. The zero-order valence-electron chi connectivity index (χ0n) is 16.4. The number of nitrogens with one attached hydrogen (secondary N) is 1. The number of benzene rings is 2. The first kappa shape index (κ1) is 19.5. The van der Waals surface area contributed by atoms with Gasteiger partial charge in [0.05, 0.1) is 5.56 Å². The Hall–Kier alpha value is -3.21. The van der Waals surface area contributed by atoms with Crippen LogP contribution in [0.5, 0.6) is 0 Å². The summed E-state index contributed by atoms with van der Waals surface area (Å²) in [4.78, 5) is 23.2. The molecular weight excluding hydrogens is 348 g/mol. The van der Waals surface area contributed by atoms with Gasteiger partial charge in [0.1, 0.15) is 0 Å². The number of amides is 1. The van der Waals surface area contributed by atoms with Crippen LogP contribution in [0.4, 0.5) is 11.6 Å². The second-order valence-electron chi connectivity index (χ2n) is 6.70. The highest BCUT2D eigenvalue weighted by molar-refractivity contribution is 6.05. The van der Waals surface area contributed by atoms with Crippen molar-refractivity contribution in [1.29, 1.82) is 0 Å². The fraction of sp³-hybridized carbons (Fsp3) is 0.261. The molecule has 0 aliphatic rings. The predicted molar refractivity (Wildman–Crippen MR) is 114 cm³/mol. The molecular formula is C23H26N4O. The van der Waals surface area contributed by atoms with Crippen molar-refractivity contribution < 1.29 is 4.79 Å². The van der Waals surface area contributed by atoms with Gasteiger partial charge in [-0.25, -0.2) is 9.97 Å². The third-order valence-electron chi connectivity index (χ3n) is 4.54. The molecule has 0 bridgehead atoms. The van der Waals surface area contributed by atoms with Crippen LogP contribution >= 0.6 is 0 Å². The molecule has 0 saturated carbocycles. The fourth-order valence-corrected chi connectivity index (χ4v) is 3.06. The molecule has 1 N–H and O–H groups in total. The summed E-state index contributed by atoms with van der Waals surface area (Å²) in [5.74, 6) is 0.451. The molecule has 0 aliphatic carbocycles. The maximum absolute atomic E-state index is 12.8. The number of carbonyl (C=O) groups excluding carboxylic acids is 1. The van der Waals surface area contributed by atoms with E-state index in [4.69, 9.17) is 0 Å². The number of aryl methyl sites for hydroxylation is 2. The summed E-state index contributed by atoms with van der Waals surface area (Å²) in [5, 5.41) is 3.22. The minimum atomic E-state index is -0.0938. The van der Waals surface area contributed by atoms with Crippen molar-refractivity contribution in [3.63, 3.8) is 0 Å². The number of carbonyl (C=O) groups is 1. The third kappa shape index (κ3) is 5.16. The van der Waals surface area contributed by atoms with Crippen LogP contribution in [-0.2, 0) is 6.42 Å². The van der Waals surface area contributed by atoms with Gasteiger partial charge < -0.3 is 10.2 Å². The van der Waals surface area contributed by atoms with Crippen LogP contribution in [0, 0.1) is 6.92 Å². The Bertz CT molecular complexity index is 894. The Morgan fingerprint density at radius 2 is 1.79 bits per heavy atom. The predicted octanol–water partition coefficient (Wildman–Crippen LogP) is 4.50. The number of hydrogen-bond donors (Lipinski definition) is 1. The van der Waals surface area contributed by atoms with Gasteiger partial charge >= 0.3 is 0 Å². The Morgan fingerprint density at radius 1 is 1.04 bits per heavy atom. The first-order chi connectivity index (χ1) is 13.7. The minimum Gasteiger partial charge on any atom is -0.354 e. The van der Waals surface area contributed by atoms with E-state index in [1.54, 1.807) is 17.3 Å². The molecule has 0 aliphatic heterocycles. The molecule has 1 aromatic heterocycles. The van der Waals surface area contributed by atoms with Gasteiger partial charge in [-0.3, -0.25) is 4.79 Å². The Balaban J connectivity index is 1.56. The Kier molecular flexibility index (Phi) is 6.73. The number of aromatic nitrogens is 2. The molecule has 0 radical (unpaired) electrons. The zero-order valence-corrected chi connectivity index (χ0v) is 16.4. The van der Waals surface area contributed by atoms with E-state index in [0.29, 0.717) is 18.1 Å². The van der Waals surface area contributed by atoms with Gasteiger partial charge in [-0.2, -0.15) is 0 Å². The van der Waals surface area contributed by atoms with Crippen molar-refractivity contribution in [2.75, 3.05) is 23.3 Å². The highest BCUT2D eigenvalue weighted by atomic mass is 16.2. The second kappa shape index (κ2) is 9.65.